The maximum absolute atomic E-state index is 11.5. The van der Waals surface area contributed by atoms with E-state index in [1.807, 2.05) is 4.72 Å². The highest BCUT2D eigenvalue weighted by molar-refractivity contribution is 7.87. The van der Waals surface area contributed by atoms with Crippen LogP contribution in [0.25, 0.3) is 0 Å². The molecule has 0 aliphatic rings. The van der Waals surface area contributed by atoms with Crippen molar-refractivity contribution in [1.29, 1.82) is 0 Å². The zero-order chi connectivity index (χ0) is 16.0. The summed E-state index contributed by atoms with van der Waals surface area (Å²) in [4.78, 5) is 14.3. The van der Waals surface area contributed by atoms with Crippen molar-refractivity contribution in [1.82, 2.24) is 19.6 Å². The first-order chi connectivity index (χ1) is 9.79. The van der Waals surface area contributed by atoms with Crippen LogP contribution < -0.4 is 15.2 Å². The van der Waals surface area contributed by atoms with Gasteiger partial charge in [-0.3, -0.25) is 4.79 Å². The van der Waals surface area contributed by atoms with Crippen LogP contribution in [0, 0.1) is 0 Å². The summed E-state index contributed by atoms with van der Waals surface area (Å²) in [5.41, 5.74) is 5.43. The number of rotatable bonds is 9. The molecule has 0 spiro atoms. The predicted molar refractivity (Wildman–Crippen MR) is 65.7 cm³/mol. The van der Waals surface area contributed by atoms with Crippen LogP contribution in [0.5, 0.6) is 0 Å². The molecule has 13 heteroatoms. The summed E-state index contributed by atoms with van der Waals surface area (Å²) in [6.45, 7) is -1.74. The molecule has 1 heterocycles. The molecule has 0 fully saturated rings. The first-order valence-electron chi connectivity index (χ1n) is 5.58. The summed E-state index contributed by atoms with van der Waals surface area (Å²) < 4.78 is 31.4. The van der Waals surface area contributed by atoms with Crippen LogP contribution >= 0.6 is 0 Å². The van der Waals surface area contributed by atoms with Gasteiger partial charge in [-0.05, 0) is 0 Å². The largest absolute Gasteiger partial charge is 0.480 e. The molecule has 0 aliphatic heterocycles. The van der Waals surface area contributed by atoms with Crippen LogP contribution in [0.2, 0.25) is 0 Å². The molecule has 21 heavy (non-hydrogen) atoms. The van der Waals surface area contributed by atoms with Gasteiger partial charge in [0.25, 0.3) is 10.2 Å². The Morgan fingerprint density at radius 2 is 2.05 bits per heavy atom. The fraction of sp³-hybridized carbons (Fsp3) is 0.625. The van der Waals surface area contributed by atoms with Gasteiger partial charge in [-0.25, -0.2) is 0 Å². The van der Waals surface area contributed by atoms with E-state index in [0.717, 1.165) is 0 Å². The third-order valence-corrected chi connectivity index (χ3v) is 3.32. The van der Waals surface area contributed by atoms with Crippen molar-refractivity contribution in [2.75, 3.05) is 13.2 Å². The third kappa shape index (κ3) is 5.33. The number of hydrogen-bond donors (Lipinski definition) is 6. The molecular formula is C8H15N5O7S. The topological polar surface area (TPSA) is 201 Å². The summed E-state index contributed by atoms with van der Waals surface area (Å²) in [5, 5.41) is 29.6. The fourth-order valence-electron chi connectivity index (χ4n) is 1.12. The van der Waals surface area contributed by atoms with Gasteiger partial charge < -0.3 is 25.6 Å². The van der Waals surface area contributed by atoms with E-state index in [0.29, 0.717) is 0 Å². The number of nitrogens with two attached hydrogens (primary N) is 1. The van der Waals surface area contributed by atoms with Crippen molar-refractivity contribution in [3.63, 3.8) is 0 Å². The number of aliphatic carboxylic acids is 1. The Bertz CT molecular complexity index is 573. The Kier molecular flexibility index (Phi) is 6.13. The Labute approximate surface area is 119 Å². The van der Waals surface area contributed by atoms with E-state index in [1.54, 1.807) is 4.72 Å². The van der Waals surface area contributed by atoms with Gasteiger partial charge in [-0.2, -0.15) is 22.8 Å². The van der Waals surface area contributed by atoms with Gasteiger partial charge in [0.15, 0.2) is 5.82 Å². The number of carbonyl (C=O) groups is 1. The Morgan fingerprint density at radius 1 is 1.38 bits per heavy atom. The highest BCUT2D eigenvalue weighted by Crippen LogP contribution is 2.05. The number of nitrogens with zero attached hydrogens (tertiary/aromatic N) is 2. The van der Waals surface area contributed by atoms with Gasteiger partial charge >= 0.3 is 5.97 Å². The quantitative estimate of drug-likeness (QED) is 0.263. The molecule has 1 aromatic rings. The van der Waals surface area contributed by atoms with Gasteiger partial charge in [-0.15, -0.1) is 0 Å². The van der Waals surface area contributed by atoms with E-state index in [1.165, 1.54) is 0 Å². The van der Waals surface area contributed by atoms with E-state index < -0.39 is 48.0 Å². The summed E-state index contributed by atoms with van der Waals surface area (Å²) in [6, 6.07) is -2.54. The van der Waals surface area contributed by atoms with E-state index in [-0.39, 0.29) is 11.7 Å². The van der Waals surface area contributed by atoms with Crippen molar-refractivity contribution in [3.05, 3.63) is 11.7 Å². The normalized spacial score (nSPS) is 14.8. The van der Waals surface area contributed by atoms with Crippen LogP contribution in [0.4, 0.5) is 0 Å². The minimum atomic E-state index is -4.20. The van der Waals surface area contributed by atoms with Crippen molar-refractivity contribution < 1.29 is 33.1 Å². The molecule has 120 valence electrons. The van der Waals surface area contributed by atoms with Crippen molar-refractivity contribution >= 4 is 16.2 Å². The number of aliphatic hydroxyl groups is 2. The lowest BCUT2D eigenvalue weighted by Crippen LogP contribution is -2.48. The molecule has 0 bridgehead atoms. The summed E-state index contributed by atoms with van der Waals surface area (Å²) >= 11 is 0. The summed E-state index contributed by atoms with van der Waals surface area (Å²) in [5.74, 6) is -1.66. The fourth-order valence-corrected chi connectivity index (χ4v) is 2.07. The van der Waals surface area contributed by atoms with Gasteiger partial charge in [0.1, 0.15) is 6.04 Å². The molecule has 0 amide bonds. The molecule has 0 saturated carbocycles. The van der Waals surface area contributed by atoms with Crippen LogP contribution in [0.15, 0.2) is 4.52 Å². The molecule has 7 N–H and O–H groups in total. The Morgan fingerprint density at radius 3 is 2.57 bits per heavy atom. The van der Waals surface area contributed by atoms with E-state index in [4.69, 9.17) is 21.1 Å². The first kappa shape index (κ1) is 17.4. The van der Waals surface area contributed by atoms with Crippen molar-refractivity contribution in [2.24, 2.45) is 5.73 Å². The number of aliphatic hydroxyl groups excluding tert-OH is 2. The van der Waals surface area contributed by atoms with Crippen LogP contribution in [0.1, 0.15) is 17.8 Å². The zero-order valence-electron chi connectivity index (χ0n) is 10.6. The second-order valence-electron chi connectivity index (χ2n) is 3.85. The second-order valence-corrected chi connectivity index (χ2v) is 5.38. The SMILES string of the molecule is NC(CO)c1noc(CNS(=O)(=O)NC(CO)C(=O)O)n1. The Hall–Kier alpha value is -1.64. The highest BCUT2D eigenvalue weighted by Gasteiger charge is 2.23. The third-order valence-electron chi connectivity index (χ3n) is 2.20. The van der Waals surface area contributed by atoms with Crippen LogP contribution in [0.3, 0.4) is 0 Å². The maximum Gasteiger partial charge on any atom is 0.324 e. The molecule has 1 rings (SSSR count). The van der Waals surface area contributed by atoms with E-state index >= 15 is 0 Å². The lowest BCUT2D eigenvalue weighted by Gasteiger charge is -2.11. The average molecular weight is 325 g/mol. The molecule has 0 radical (unpaired) electrons. The second kappa shape index (κ2) is 7.39. The van der Waals surface area contributed by atoms with E-state index in [9.17, 15) is 13.2 Å². The molecule has 0 aromatic carbocycles. The number of nitrogens with one attached hydrogen (secondary N) is 2. The number of carboxylic acids is 1. The average Bonchev–Trinajstić information content (AvgIpc) is 2.90. The first-order valence-corrected chi connectivity index (χ1v) is 7.07. The van der Waals surface area contributed by atoms with Crippen molar-refractivity contribution in [3.8, 4) is 0 Å². The minimum absolute atomic E-state index is 0.00146. The van der Waals surface area contributed by atoms with Gasteiger partial charge in [0.05, 0.1) is 25.8 Å². The lowest BCUT2D eigenvalue weighted by molar-refractivity contribution is -0.139. The molecule has 1 aromatic heterocycles. The van der Waals surface area contributed by atoms with Gasteiger partial charge in [0.2, 0.25) is 5.89 Å². The monoisotopic (exact) mass is 325 g/mol. The number of carboxylic acid groups (broad SMARTS) is 1. The molecule has 0 saturated heterocycles. The molecular weight excluding hydrogens is 310 g/mol. The number of aromatic nitrogens is 2. The zero-order valence-corrected chi connectivity index (χ0v) is 11.4. The summed E-state index contributed by atoms with van der Waals surface area (Å²) in [7, 11) is -4.20. The van der Waals surface area contributed by atoms with Gasteiger partial charge in [-0.1, -0.05) is 5.16 Å². The highest BCUT2D eigenvalue weighted by atomic mass is 32.2. The van der Waals surface area contributed by atoms with E-state index in [2.05, 4.69) is 14.7 Å². The molecule has 2 unspecified atom stereocenters. The molecule has 12 nitrogen and oxygen atoms in total. The summed E-state index contributed by atoms with van der Waals surface area (Å²) in [6.07, 6.45) is 0. The minimum Gasteiger partial charge on any atom is -0.480 e. The number of hydrogen-bond acceptors (Lipinski definition) is 9. The van der Waals surface area contributed by atoms with Crippen LogP contribution in [-0.2, 0) is 21.5 Å². The molecule has 2 atom stereocenters. The van der Waals surface area contributed by atoms with Crippen molar-refractivity contribution in [2.45, 2.75) is 18.6 Å². The Balaban J connectivity index is 2.61. The van der Waals surface area contributed by atoms with Crippen LogP contribution in [-0.4, -0.2) is 59.1 Å². The maximum atomic E-state index is 11.5. The van der Waals surface area contributed by atoms with Gasteiger partial charge in [0, 0.05) is 0 Å². The lowest BCUT2D eigenvalue weighted by atomic mass is 10.3. The molecule has 0 aliphatic carbocycles. The standard InChI is InChI=1S/C8H15N5O7S/c9-4(2-14)7-11-6(20-12-7)1-10-21(18,19)13-5(3-15)8(16)17/h4-5,10,13-15H,1-3,9H2,(H,16,17). The predicted octanol–water partition coefficient (Wildman–Crippen LogP) is -3.57. The smallest absolute Gasteiger partial charge is 0.324 e.